The van der Waals surface area contributed by atoms with Crippen molar-refractivity contribution in [2.45, 2.75) is 12.4 Å². The highest BCUT2D eigenvalue weighted by Crippen LogP contribution is 2.33. The number of rotatable bonds is 8. The molecule has 0 aliphatic heterocycles. The van der Waals surface area contributed by atoms with E-state index in [4.69, 9.17) is 23.2 Å². The second-order valence-electron chi connectivity index (χ2n) is 7.05. The van der Waals surface area contributed by atoms with E-state index < -0.39 is 33.5 Å². The van der Waals surface area contributed by atoms with Gasteiger partial charge < -0.3 is 9.88 Å². The summed E-state index contributed by atoms with van der Waals surface area (Å²) in [6.07, 6.45) is -5.42. The molecule has 0 atom stereocenters. The zero-order valence-electron chi connectivity index (χ0n) is 17.7. The minimum Gasteiger partial charge on any atom is -0.368 e. The third kappa shape index (κ3) is 7.12. The fourth-order valence-corrected chi connectivity index (χ4v) is 4.08. The first kappa shape index (κ1) is 27.8. The Balaban J connectivity index is 1.62. The van der Waals surface area contributed by atoms with Gasteiger partial charge in [0.2, 0.25) is 10.0 Å². The molecule has 194 valence electrons. The van der Waals surface area contributed by atoms with Gasteiger partial charge in [0.1, 0.15) is 5.82 Å². The molecule has 3 heterocycles. The monoisotopic (exact) mass is 573 g/mol. The summed E-state index contributed by atoms with van der Waals surface area (Å²) in [5.74, 6) is -0.0945. The predicted octanol–water partition coefficient (Wildman–Crippen LogP) is 5.61. The average molecular weight is 574 g/mol. The van der Waals surface area contributed by atoms with Crippen LogP contribution in [0.2, 0.25) is 10.0 Å². The molecule has 0 unspecified atom stereocenters. The summed E-state index contributed by atoms with van der Waals surface area (Å²) < 4.78 is 105. The molecular formula is C20H15Cl2F6N5O2S. The normalized spacial score (nSPS) is 12.9. The fourth-order valence-electron chi connectivity index (χ4n) is 2.79. The molecule has 3 aromatic heterocycles. The highest BCUT2D eigenvalue weighted by Gasteiger charge is 2.32. The van der Waals surface area contributed by atoms with Crippen molar-refractivity contribution in [1.82, 2.24) is 19.3 Å². The van der Waals surface area contributed by atoms with Crippen molar-refractivity contribution in [3.63, 3.8) is 0 Å². The maximum Gasteiger partial charge on any atom is 0.417 e. The SMILES string of the molecule is O=S(=O)(/C=C/c1cccn1-c1ncc(C(F)(F)F)cc1Cl)NCCNc1ncc(C(F)(F)F)cc1Cl. The van der Waals surface area contributed by atoms with Gasteiger partial charge in [0.25, 0.3) is 0 Å². The molecule has 0 bridgehead atoms. The molecule has 7 nitrogen and oxygen atoms in total. The highest BCUT2D eigenvalue weighted by atomic mass is 35.5. The van der Waals surface area contributed by atoms with Crippen molar-refractivity contribution in [3.8, 4) is 5.82 Å². The molecule has 0 radical (unpaired) electrons. The zero-order valence-corrected chi connectivity index (χ0v) is 20.0. The predicted molar refractivity (Wildman–Crippen MR) is 122 cm³/mol. The number of anilines is 1. The average Bonchev–Trinajstić information content (AvgIpc) is 3.23. The van der Waals surface area contributed by atoms with Crippen LogP contribution in [-0.4, -0.2) is 36.0 Å². The number of alkyl halides is 6. The standard InChI is InChI=1S/C20H15Cl2F6N5O2S/c21-15-8-12(19(23,24)25)10-30-17(15)29-4-5-32-36(34,35)7-3-14-2-1-6-33(14)18-16(22)9-13(11-31-18)20(26,27)28/h1-3,6-11,32H,4-5H2,(H,29,30)/b7-3+. The first-order chi connectivity index (χ1) is 16.7. The summed E-state index contributed by atoms with van der Waals surface area (Å²) in [6, 6.07) is 4.40. The van der Waals surface area contributed by atoms with Crippen LogP contribution in [0.1, 0.15) is 16.8 Å². The minimum atomic E-state index is -4.63. The number of hydrogen-bond donors (Lipinski definition) is 2. The molecular weight excluding hydrogens is 559 g/mol. The maximum atomic E-state index is 12.8. The summed E-state index contributed by atoms with van der Waals surface area (Å²) in [5.41, 5.74) is -1.80. The second-order valence-corrected chi connectivity index (χ2v) is 9.52. The van der Waals surface area contributed by atoms with Crippen LogP contribution in [0.25, 0.3) is 11.9 Å². The van der Waals surface area contributed by atoms with Crippen molar-refractivity contribution < 1.29 is 34.8 Å². The van der Waals surface area contributed by atoms with Gasteiger partial charge in [-0.15, -0.1) is 0 Å². The Bertz CT molecular complexity index is 1370. The molecule has 0 fully saturated rings. The zero-order chi connectivity index (χ0) is 26.7. The fraction of sp³-hybridized carbons (Fsp3) is 0.200. The third-order valence-electron chi connectivity index (χ3n) is 4.46. The van der Waals surface area contributed by atoms with Gasteiger partial charge in [0.15, 0.2) is 5.82 Å². The van der Waals surface area contributed by atoms with Gasteiger partial charge in [-0.05, 0) is 30.3 Å². The van der Waals surface area contributed by atoms with E-state index >= 15 is 0 Å². The number of nitrogens with zero attached hydrogens (tertiary/aromatic N) is 3. The molecule has 3 aromatic rings. The van der Waals surface area contributed by atoms with Crippen molar-refractivity contribution >= 4 is 45.1 Å². The molecule has 36 heavy (non-hydrogen) atoms. The van der Waals surface area contributed by atoms with E-state index in [0.29, 0.717) is 24.5 Å². The second kappa shape index (κ2) is 10.7. The van der Waals surface area contributed by atoms with Crippen molar-refractivity contribution in [3.05, 3.63) is 75.1 Å². The lowest BCUT2D eigenvalue weighted by atomic mass is 10.2. The Morgan fingerprint density at radius 2 is 1.56 bits per heavy atom. The van der Waals surface area contributed by atoms with Crippen LogP contribution in [0.15, 0.2) is 48.3 Å². The summed E-state index contributed by atoms with van der Waals surface area (Å²) in [5, 5.41) is 2.86. The first-order valence-corrected chi connectivity index (χ1v) is 12.0. The van der Waals surface area contributed by atoms with E-state index in [0.717, 1.165) is 5.41 Å². The Morgan fingerprint density at radius 3 is 2.14 bits per heavy atom. The van der Waals surface area contributed by atoms with Crippen molar-refractivity contribution in [1.29, 1.82) is 0 Å². The smallest absolute Gasteiger partial charge is 0.368 e. The number of halogens is 8. The third-order valence-corrected chi connectivity index (χ3v) is 6.13. The van der Waals surface area contributed by atoms with Gasteiger partial charge in [-0.25, -0.2) is 23.1 Å². The molecule has 0 spiro atoms. The molecule has 0 aliphatic rings. The van der Waals surface area contributed by atoms with Crippen LogP contribution in [0.4, 0.5) is 32.2 Å². The van der Waals surface area contributed by atoms with E-state index in [1.54, 1.807) is 0 Å². The lowest BCUT2D eigenvalue weighted by Crippen LogP contribution is -2.27. The Kier molecular flexibility index (Phi) is 8.23. The lowest BCUT2D eigenvalue weighted by Gasteiger charge is -2.11. The lowest BCUT2D eigenvalue weighted by molar-refractivity contribution is -0.138. The van der Waals surface area contributed by atoms with Gasteiger partial charge in [0, 0.05) is 42.8 Å². The molecule has 0 saturated heterocycles. The van der Waals surface area contributed by atoms with Crippen molar-refractivity contribution in [2.24, 2.45) is 0 Å². The first-order valence-electron chi connectivity index (χ1n) is 9.72. The summed E-state index contributed by atoms with van der Waals surface area (Å²) in [6.45, 7) is -0.217. The van der Waals surface area contributed by atoms with E-state index in [1.165, 1.54) is 29.0 Å². The Morgan fingerprint density at radius 1 is 0.944 bits per heavy atom. The van der Waals surface area contributed by atoms with E-state index in [-0.39, 0.29) is 40.5 Å². The van der Waals surface area contributed by atoms with Crippen LogP contribution in [0.3, 0.4) is 0 Å². The molecule has 3 rings (SSSR count). The number of hydrogen-bond acceptors (Lipinski definition) is 5. The van der Waals surface area contributed by atoms with Gasteiger partial charge in [-0.1, -0.05) is 23.2 Å². The molecule has 2 N–H and O–H groups in total. The Hall–Kier alpha value is -2.81. The van der Waals surface area contributed by atoms with E-state index in [1.807, 2.05) is 0 Å². The summed E-state index contributed by atoms with van der Waals surface area (Å²) >= 11 is 11.7. The van der Waals surface area contributed by atoms with E-state index in [9.17, 15) is 34.8 Å². The van der Waals surface area contributed by atoms with Gasteiger partial charge in [0.05, 0.1) is 21.2 Å². The summed E-state index contributed by atoms with van der Waals surface area (Å²) in [4.78, 5) is 7.31. The number of pyridine rings is 2. The van der Waals surface area contributed by atoms with Gasteiger partial charge in [-0.2, -0.15) is 26.3 Å². The summed E-state index contributed by atoms with van der Waals surface area (Å²) in [7, 11) is -3.97. The van der Waals surface area contributed by atoms with Crippen molar-refractivity contribution in [2.75, 3.05) is 18.4 Å². The number of aromatic nitrogens is 3. The van der Waals surface area contributed by atoms with Crippen LogP contribution in [-0.2, 0) is 22.4 Å². The van der Waals surface area contributed by atoms with Gasteiger partial charge >= 0.3 is 12.4 Å². The Labute approximate surface area is 210 Å². The number of nitrogens with one attached hydrogen (secondary N) is 2. The van der Waals surface area contributed by atoms with Crippen LogP contribution >= 0.6 is 23.2 Å². The minimum absolute atomic E-state index is 0.0372. The molecule has 0 saturated carbocycles. The molecule has 0 amide bonds. The van der Waals surface area contributed by atoms with Crippen LogP contribution in [0.5, 0.6) is 0 Å². The van der Waals surface area contributed by atoms with Gasteiger partial charge in [-0.3, -0.25) is 0 Å². The molecule has 0 aromatic carbocycles. The van der Waals surface area contributed by atoms with Crippen LogP contribution < -0.4 is 10.0 Å². The quantitative estimate of drug-likeness (QED) is 0.270. The molecule has 0 aliphatic carbocycles. The highest BCUT2D eigenvalue weighted by molar-refractivity contribution is 7.92. The number of sulfonamides is 1. The maximum absolute atomic E-state index is 12.8. The molecule has 16 heteroatoms. The topological polar surface area (TPSA) is 88.9 Å². The largest absolute Gasteiger partial charge is 0.417 e. The van der Waals surface area contributed by atoms with E-state index in [2.05, 4.69) is 20.0 Å². The van der Waals surface area contributed by atoms with Crippen LogP contribution in [0, 0.1) is 0 Å².